The van der Waals surface area contributed by atoms with Crippen LogP contribution in [0.15, 0.2) is 47.5 Å². The zero-order chi connectivity index (χ0) is 18.9. The van der Waals surface area contributed by atoms with Crippen LogP contribution in [0.1, 0.15) is 24.0 Å². The number of anilines is 2. The number of halogens is 1. The van der Waals surface area contributed by atoms with Crippen molar-refractivity contribution in [3.8, 4) is 0 Å². The number of nitrogens with zero attached hydrogens (tertiary/aromatic N) is 2. The van der Waals surface area contributed by atoms with Crippen LogP contribution >= 0.6 is 11.6 Å². The molecule has 0 aromatic heterocycles. The molecule has 0 aliphatic carbocycles. The van der Waals surface area contributed by atoms with Crippen LogP contribution in [0.4, 0.5) is 11.4 Å². The minimum absolute atomic E-state index is 0.0237. The fraction of sp³-hybridized carbons (Fsp3) is 0.409. The first-order valence-electron chi connectivity index (χ1n) is 9.51. The van der Waals surface area contributed by atoms with Gasteiger partial charge in [-0.25, -0.2) is 0 Å². The van der Waals surface area contributed by atoms with Gasteiger partial charge in [0.05, 0.1) is 6.54 Å². The van der Waals surface area contributed by atoms with Gasteiger partial charge >= 0.3 is 0 Å². The third-order valence-corrected chi connectivity index (χ3v) is 5.90. The van der Waals surface area contributed by atoms with Crippen LogP contribution in [0.3, 0.4) is 0 Å². The Morgan fingerprint density at radius 2 is 1.93 bits per heavy atom. The molecule has 2 heterocycles. The van der Waals surface area contributed by atoms with Crippen molar-refractivity contribution in [3.63, 3.8) is 0 Å². The van der Waals surface area contributed by atoms with Crippen molar-refractivity contribution in [1.82, 2.24) is 0 Å². The topological polar surface area (TPSA) is 36.9 Å². The zero-order valence-corrected chi connectivity index (χ0v) is 16.7. The second-order valence-electron chi connectivity index (χ2n) is 7.69. The van der Waals surface area contributed by atoms with Gasteiger partial charge in [-0.05, 0) is 54.7 Å². The normalized spacial score (nSPS) is 19.6. The zero-order valence-electron chi connectivity index (χ0n) is 16.0. The molecule has 0 unspecified atom stereocenters. The molecule has 0 radical (unpaired) electrons. The largest absolute Gasteiger partial charge is 0.381 e. The first-order chi connectivity index (χ1) is 13.1. The predicted octanol–water partition coefficient (Wildman–Crippen LogP) is 4.77. The Bertz CT molecular complexity index is 856. The van der Waals surface area contributed by atoms with E-state index in [-0.39, 0.29) is 5.41 Å². The Kier molecular flexibility index (Phi) is 5.11. The molecule has 4 nitrogen and oxygen atoms in total. The van der Waals surface area contributed by atoms with Gasteiger partial charge in [0.15, 0.2) is 0 Å². The Morgan fingerprint density at radius 1 is 1.15 bits per heavy atom. The summed E-state index contributed by atoms with van der Waals surface area (Å²) in [7, 11) is 4.21. The Labute approximate surface area is 166 Å². The van der Waals surface area contributed by atoms with Gasteiger partial charge in [0.2, 0.25) is 0 Å². The number of nitrogens with one attached hydrogen (secondary N) is 1. The van der Waals surface area contributed by atoms with Crippen molar-refractivity contribution in [2.75, 3.05) is 37.5 Å². The molecular weight excluding hydrogens is 358 g/mol. The van der Waals surface area contributed by atoms with Crippen LogP contribution in [0.25, 0.3) is 0 Å². The van der Waals surface area contributed by atoms with Crippen LogP contribution in [0.5, 0.6) is 0 Å². The lowest BCUT2D eigenvalue weighted by Gasteiger charge is -2.43. The summed E-state index contributed by atoms with van der Waals surface area (Å²) in [5, 5.41) is 4.43. The smallest absolute Gasteiger partial charge is 0.108 e. The predicted molar refractivity (Wildman–Crippen MR) is 113 cm³/mol. The highest BCUT2D eigenvalue weighted by Crippen LogP contribution is 2.44. The molecule has 1 fully saturated rings. The van der Waals surface area contributed by atoms with Crippen molar-refractivity contribution in [2.45, 2.75) is 25.8 Å². The van der Waals surface area contributed by atoms with Gasteiger partial charge in [0.25, 0.3) is 0 Å². The standard InChI is InChI=1S/C22H26ClN3O/c1-26(2)20-8-4-7-19-18(20)14-22(9-11-27-12-10-22)21(25-19)24-15-16-5-3-6-17(23)13-16/h3-8,13H,9-12,14-15H2,1-2H3,(H,24,25). The summed E-state index contributed by atoms with van der Waals surface area (Å²) < 4.78 is 5.68. The summed E-state index contributed by atoms with van der Waals surface area (Å²) in [6.07, 6.45) is 2.99. The van der Waals surface area contributed by atoms with E-state index in [2.05, 4.69) is 48.6 Å². The summed E-state index contributed by atoms with van der Waals surface area (Å²) in [4.78, 5) is 7.22. The second kappa shape index (κ2) is 7.53. The van der Waals surface area contributed by atoms with Crippen molar-refractivity contribution in [2.24, 2.45) is 10.4 Å². The Hall–Kier alpha value is -2.04. The SMILES string of the molecule is CN(C)c1cccc2c1CC1(CCOCC1)C(=NCc1cccc(Cl)c1)N2. The maximum atomic E-state index is 6.14. The minimum atomic E-state index is 0.0237. The number of rotatable bonds is 3. The van der Waals surface area contributed by atoms with E-state index in [1.165, 1.54) is 16.9 Å². The summed E-state index contributed by atoms with van der Waals surface area (Å²) in [6.45, 7) is 2.21. The minimum Gasteiger partial charge on any atom is -0.381 e. The summed E-state index contributed by atoms with van der Waals surface area (Å²) in [5.41, 5.74) is 4.98. The molecule has 4 rings (SSSR count). The average Bonchev–Trinajstić information content (AvgIpc) is 2.66. The number of hydrogen-bond donors (Lipinski definition) is 1. The molecular formula is C22H26ClN3O. The third kappa shape index (κ3) is 3.69. The monoisotopic (exact) mass is 383 g/mol. The summed E-state index contributed by atoms with van der Waals surface area (Å²) in [6, 6.07) is 14.4. The molecule has 2 aliphatic rings. The average molecular weight is 384 g/mol. The molecule has 0 amide bonds. The lowest BCUT2D eigenvalue weighted by Crippen LogP contribution is -2.46. The van der Waals surface area contributed by atoms with Crippen LogP contribution < -0.4 is 10.2 Å². The number of ether oxygens (including phenoxy) is 1. The number of hydrogen-bond acceptors (Lipinski definition) is 3. The first kappa shape index (κ1) is 18.3. The first-order valence-corrected chi connectivity index (χ1v) is 9.89. The maximum Gasteiger partial charge on any atom is 0.108 e. The lowest BCUT2D eigenvalue weighted by molar-refractivity contribution is 0.0449. The molecule has 0 atom stereocenters. The van der Waals surface area contributed by atoms with Gasteiger partial charge < -0.3 is 15.0 Å². The van der Waals surface area contributed by atoms with E-state index < -0.39 is 0 Å². The number of benzene rings is 2. The quantitative estimate of drug-likeness (QED) is 0.829. The molecule has 1 spiro atoms. The van der Waals surface area contributed by atoms with Gasteiger partial charge in [-0.1, -0.05) is 29.8 Å². The van der Waals surface area contributed by atoms with Gasteiger partial charge in [-0.3, -0.25) is 4.99 Å². The highest BCUT2D eigenvalue weighted by atomic mass is 35.5. The van der Waals surface area contributed by atoms with Crippen molar-refractivity contribution in [3.05, 3.63) is 58.6 Å². The molecule has 0 saturated carbocycles. The fourth-order valence-corrected chi connectivity index (χ4v) is 4.38. The molecule has 0 bridgehead atoms. The molecule has 2 aromatic rings. The number of amidine groups is 1. The highest BCUT2D eigenvalue weighted by molar-refractivity contribution is 6.30. The number of fused-ring (bicyclic) bond motifs is 1. The summed E-state index contributed by atoms with van der Waals surface area (Å²) >= 11 is 6.14. The van der Waals surface area contributed by atoms with Crippen LogP contribution in [-0.2, 0) is 17.7 Å². The van der Waals surface area contributed by atoms with E-state index in [9.17, 15) is 0 Å². The van der Waals surface area contributed by atoms with E-state index >= 15 is 0 Å². The molecule has 2 aliphatic heterocycles. The van der Waals surface area contributed by atoms with E-state index in [1.807, 2.05) is 18.2 Å². The molecule has 2 aromatic carbocycles. The molecule has 1 N–H and O–H groups in total. The highest BCUT2D eigenvalue weighted by Gasteiger charge is 2.42. The van der Waals surface area contributed by atoms with Crippen LogP contribution in [0, 0.1) is 5.41 Å². The lowest BCUT2D eigenvalue weighted by atomic mass is 9.71. The van der Waals surface area contributed by atoms with Crippen molar-refractivity contribution >= 4 is 28.8 Å². The fourth-order valence-electron chi connectivity index (χ4n) is 4.17. The van der Waals surface area contributed by atoms with E-state index in [0.29, 0.717) is 6.54 Å². The maximum absolute atomic E-state index is 6.14. The number of aliphatic imine (C=N–C) groups is 1. The molecule has 5 heteroatoms. The van der Waals surface area contributed by atoms with Crippen molar-refractivity contribution < 1.29 is 4.74 Å². The van der Waals surface area contributed by atoms with Crippen molar-refractivity contribution in [1.29, 1.82) is 0 Å². The molecule has 1 saturated heterocycles. The second-order valence-corrected chi connectivity index (χ2v) is 8.12. The Balaban J connectivity index is 1.71. The van der Waals surface area contributed by atoms with Gasteiger partial charge in [-0.15, -0.1) is 0 Å². The third-order valence-electron chi connectivity index (χ3n) is 5.66. The van der Waals surface area contributed by atoms with Gasteiger partial charge in [0, 0.05) is 49.1 Å². The molecule has 142 valence electrons. The van der Waals surface area contributed by atoms with E-state index in [4.69, 9.17) is 21.3 Å². The Morgan fingerprint density at radius 3 is 2.67 bits per heavy atom. The van der Waals surface area contributed by atoms with Crippen LogP contribution in [-0.4, -0.2) is 33.1 Å². The van der Waals surface area contributed by atoms with E-state index in [0.717, 1.165) is 48.9 Å². The van der Waals surface area contributed by atoms with Gasteiger partial charge in [0.1, 0.15) is 5.84 Å². The molecule has 27 heavy (non-hydrogen) atoms. The van der Waals surface area contributed by atoms with Crippen LogP contribution in [0.2, 0.25) is 5.02 Å². The summed E-state index contributed by atoms with van der Waals surface area (Å²) in [5.74, 6) is 1.09. The van der Waals surface area contributed by atoms with E-state index in [1.54, 1.807) is 0 Å². The van der Waals surface area contributed by atoms with Gasteiger partial charge in [-0.2, -0.15) is 0 Å².